The van der Waals surface area contributed by atoms with Crippen molar-refractivity contribution in [2.45, 2.75) is 6.17 Å². The first kappa shape index (κ1) is 12.5. The lowest BCUT2D eigenvalue weighted by molar-refractivity contribution is 0.556. The molecule has 0 atom stereocenters. The van der Waals surface area contributed by atoms with Gasteiger partial charge in [0.1, 0.15) is 6.17 Å². The normalized spacial score (nSPS) is 15.6. The van der Waals surface area contributed by atoms with Crippen molar-refractivity contribution < 1.29 is 0 Å². The third-order valence-corrected chi connectivity index (χ3v) is 3.83. The van der Waals surface area contributed by atoms with Gasteiger partial charge in [0, 0.05) is 0 Å². The van der Waals surface area contributed by atoms with Crippen molar-refractivity contribution >= 4 is 10.8 Å². The summed E-state index contributed by atoms with van der Waals surface area (Å²) < 4.78 is 0. The molecule has 4 heteroatoms. The minimum atomic E-state index is 0.0521. The molecule has 0 amide bonds. The number of hydrazine groups is 3. The molecule has 4 nitrogen and oxygen atoms in total. The highest BCUT2D eigenvalue weighted by molar-refractivity contribution is 5.90. The van der Waals surface area contributed by atoms with Crippen molar-refractivity contribution in [1.29, 1.82) is 0 Å². The van der Waals surface area contributed by atoms with Crippen LogP contribution in [0.15, 0.2) is 66.7 Å². The third kappa shape index (κ3) is 2.30. The van der Waals surface area contributed by atoms with Crippen molar-refractivity contribution in [1.82, 2.24) is 21.9 Å². The van der Waals surface area contributed by atoms with Crippen molar-refractivity contribution in [2.24, 2.45) is 0 Å². The van der Waals surface area contributed by atoms with E-state index >= 15 is 0 Å². The maximum atomic E-state index is 3.14. The standard InChI is InChI=1S/C17H16N4/c1-2-5-12(6-3-1)13-9-10-15-14(11-13)7-4-8-16(15)17-18-20-21-19-17/h1-11,17-21H. The number of nitrogens with one attached hydrogen (secondary N) is 4. The highest BCUT2D eigenvalue weighted by Gasteiger charge is 2.17. The lowest BCUT2D eigenvalue weighted by Gasteiger charge is -2.13. The van der Waals surface area contributed by atoms with Crippen LogP contribution in [-0.4, -0.2) is 0 Å². The molecule has 4 N–H and O–H groups in total. The molecule has 0 aromatic heterocycles. The van der Waals surface area contributed by atoms with Gasteiger partial charge < -0.3 is 0 Å². The van der Waals surface area contributed by atoms with Crippen molar-refractivity contribution in [2.75, 3.05) is 0 Å². The summed E-state index contributed by atoms with van der Waals surface area (Å²) in [6.45, 7) is 0. The molecule has 0 unspecified atom stereocenters. The molecular weight excluding hydrogens is 260 g/mol. The Labute approximate surface area is 123 Å². The summed E-state index contributed by atoms with van der Waals surface area (Å²) >= 11 is 0. The van der Waals surface area contributed by atoms with Gasteiger partial charge in [-0.2, -0.15) is 11.1 Å². The Hall–Kier alpha value is -2.24. The molecule has 3 aromatic rings. The molecule has 0 saturated carbocycles. The minimum Gasteiger partial charge on any atom is -0.220 e. The lowest BCUT2D eigenvalue weighted by atomic mass is 9.97. The third-order valence-electron chi connectivity index (χ3n) is 3.83. The molecule has 1 fully saturated rings. The van der Waals surface area contributed by atoms with Gasteiger partial charge in [-0.25, -0.2) is 10.9 Å². The maximum Gasteiger partial charge on any atom is 0.112 e. The number of hydrogen-bond acceptors (Lipinski definition) is 4. The van der Waals surface area contributed by atoms with Gasteiger partial charge in [-0.15, -0.1) is 0 Å². The smallest absolute Gasteiger partial charge is 0.112 e. The lowest BCUT2D eigenvalue weighted by Crippen LogP contribution is -2.33. The highest BCUT2D eigenvalue weighted by Crippen LogP contribution is 2.28. The first-order chi connectivity index (χ1) is 10.4. The van der Waals surface area contributed by atoms with Gasteiger partial charge in [-0.05, 0) is 33.5 Å². The predicted octanol–water partition coefficient (Wildman–Crippen LogP) is 2.62. The Morgan fingerprint density at radius 2 is 1.48 bits per heavy atom. The van der Waals surface area contributed by atoms with Crippen LogP contribution in [0.4, 0.5) is 0 Å². The minimum absolute atomic E-state index is 0.0521. The quantitative estimate of drug-likeness (QED) is 0.581. The molecule has 0 spiro atoms. The van der Waals surface area contributed by atoms with Gasteiger partial charge in [0.25, 0.3) is 0 Å². The van der Waals surface area contributed by atoms with E-state index in [1.54, 1.807) is 0 Å². The van der Waals surface area contributed by atoms with Crippen LogP contribution in [0.1, 0.15) is 11.7 Å². The zero-order valence-electron chi connectivity index (χ0n) is 11.4. The van der Waals surface area contributed by atoms with Crippen LogP contribution in [0.2, 0.25) is 0 Å². The molecule has 0 aliphatic carbocycles. The fraction of sp³-hybridized carbons (Fsp3) is 0.0588. The summed E-state index contributed by atoms with van der Waals surface area (Å²) in [5.41, 5.74) is 15.7. The molecule has 0 bridgehead atoms. The molecule has 1 aliphatic rings. The van der Waals surface area contributed by atoms with E-state index in [1.165, 1.54) is 27.5 Å². The molecule has 1 aliphatic heterocycles. The molecule has 1 heterocycles. The first-order valence-electron chi connectivity index (χ1n) is 7.01. The Bertz CT molecular complexity index is 764. The SMILES string of the molecule is c1ccc(-c2ccc3c(C4NNNN4)cccc3c2)cc1. The molecule has 104 valence electrons. The van der Waals surface area contributed by atoms with Gasteiger partial charge >= 0.3 is 0 Å². The molecule has 3 aromatic carbocycles. The first-order valence-corrected chi connectivity index (χ1v) is 7.01. The van der Waals surface area contributed by atoms with Crippen LogP contribution in [0.5, 0.6) is 0 Å². The molecule has 1 saturated heterocycles. The van der Waals surface area contributed by atoms with E-state index in [-0.39, 0.29) is 6.17 Å². The zero-order valence-corrected chi connectivity index (χ0v) is 11.4. The van der Waals surface area contributed by atoms with Crippen molar-refractivity contribution in [3.63, 3.8) is 0 Å². The number of benzene rings is 3. The van der Waals surface area contributed by atoms with E-state index in [4.69, 9.17) is 0 Å². The second-order valence-electron chi connectivity index (χ2n) is 5.12. The van der Waals surface area contributed by atoms with Gasteiger partial charge in [0.2, 0.25) is 0 Å². The van der Waals surface area contributed by atoms with E-state index in [0.29, 0.717) is 0 Å². The maximum absolute atomic E-state index is 3.14. The molecule has 4 rings (SSSR count). The van der Waals surface area contributed by atoms with Crippen LogP contribution < -0.4 is 21.9 Å². The van der Waals surface area contributed by atoms with Crippen LogP contribution in [0.3, 0.4) is 0 Å². The van der Waals surface area contributed by atoms with E-state index in [2.05, 4.69) is 82.6 Å². The van der Waals surface area contributed by atoms with Gasteiger partial charge in [0.15, 0.2) is 0 Å². The summed E-state index contributed by atoms with van der Waals surface area (Å²) in [6, 6.07) is 23.4. The van der Waals surface area contributed by atoms with Crippen LogP contribution >= 0.6 is 0 Å². The monoisotopic (exact) mass is 276 g/mol. The highest BCUT2D eigenvalue weighted by atomic mass is 15.8. The summed E-state index contributed by atoms with van der Waals surface area (Å²) in [4.78, 5) is 0. The van der Waals surface area contributed by atoms with Gasteiger partial charge in [-0.3, -0.25) is 0 Å². The molecule has 0 radical (unpaired) electrons. The largest absolute Gasteiger partial charge is 0.220 e. The summed E-state index contributed by atoms with van der Waals surface area (Å²) in [6.07, 6.45) is 0.0521. The second kappa shape index (κ2) is 5.27. The Balaban J connectivity index is 1.82. The van der Waals surface area contributed by atoms with Gasteiger partial charge in [0.05, 0.1) is 0 Å². The van der Waals surface area contributed by atoms with Crippen LogP contribution in [-0.2, 0) is 0 Å². The topological polar surface area (TPSA) is 48.1 Å². The summed E-state index contributed by atoms with van der Waals surface area (Å²) in [5.74, 6) is 0. The number of rotatable bonds is 2. The summed E-state index contributed by atoms with van der Waals surface area (Å²) in [5, 5.41) is 2.48. The van der Waals surface area contributed by atoms with Crippen molar-refractivity contribution in [3.8, 4) is 11.1 Å². The number of fused-ring (bicyclic) bond motifs is 1. The van der Waals surface area contributed by atoms with E-state index in [0.717, 1.165) is 0 Å². The number of hydrogen-bond donors (Lipinski definition) is 4. The Morgan fingerprint density at radius 1 is 0.667 bits per heavy atom. The van der Waals surface area contributed by atoms with Crippen molar-refractivity contribution in [3.05, 3.63) is 72.3 Å². The molecule has 21 heavy (non-hydrogen) atoms. The van der Waals surface area contributed by atoms with Crippen LogP contribution in [0, 0.1) is 0 Å². The predicted molar refractivity (Wildman–Crippen MR) is 84.7 cm³/mol. The van der Waals surface area contributed by atoms with E-state index in [9.17, 15) is 0 Å². The average Bonchev–Trinajstić information content (AvgIpc) is 3.09. The Kier molecular flexibility index (Phi) is 3.14. The van der Waals surface area contributed by atoms with Crippen LogP contribution in [0.25, 0.3) is 21.9 Å². The second-order valence-corrected chi connectivity index (χ2v) is 5.12. The van der Waals surface area contributed by atoms with E-state index in [1.807, 2.05) is 6.07 Å². The van der Waals surface area contributed by atoms with Gasteiger partial charge in [-0.1, -0.05) is 60.7 Å². The summed E-state index contributed by atoms with van der Waals surface area (Å²) in [7, 11) is 0. The fourth-order valence-electron chi connectivity index (χ4n) is 2.78. The average molecular weight is 276 g/mol. The zero-order chi connectivity index (χ0) is 14.1. The fourth-order valence-corrected chi connectivity index (χ4v) is 2.78. The van der Waals surface area contributed by atoms with E-state index < -0.39 is 0 Å². The Morgan fingerprint density at radius 3 is 2.29 bits per heavy atom. The molecular formula is C17H16N4.